The lowest BCUT2D eigenvalue weighted by atomic mass is 10.1. The third-order valence-corrected chi connectivity index (χ3v) is 6.63. The minimum Gasteiger partial charge on any atom is -0.326 e. The maximum atomic E-state index is 13.3. The molecule has 0 aliphatic carbocycles. The molecule has 0 bridgehead atoms. The number of pyridine rings is 1. The number of rotatable bonds is 6. The predicted molar refractivity (Wildman–Crippen MR) is 137 cm³/mol. The second-order valence-electron chi connectivity index (χ2n) is 7.90. The first-order valence-corrected chi connectivity index (χ1v) is 11.8. The van der Waals surface area contributed by atoms with Crippen molar-refractivity contribution in [1.82, 2.24) is 9.88 Å². The Morgan fingerprint density at radius 2 is 1.71 bits per heavy atom. The summed E-state index contributed by atoms with van der Waals surface area (Å²) in [7, 11) is 0. The number of para-hydroxylation sites is 1. The number of nitrogens with one attached hydrogen (secondary N) is 1. The summed E-state index contributed by atoms with van der Waals surface area (Å²) in [4.78, 5) is 36.8. The molecule has 0 radical (unpaired) electrons. The number of hydrogen-bond donors (Lipinski definition) is 1. The molecule has 1 N–H and O–H groups in total. The third kappa shape index (κ3) is 5.00. The molecule has 2 amide bonds. The molecule has 2 heterocycles. The molecule has 6 nitrogen and oxygen atoms in total. The summed E-state index contributed by atoms with van der Waals surface area (Å²) in [6.45, 7) is 0.307. The van der Waals surface area contributed by atoms with E-state index < -0.39 is 5.25 Å². The van der Waals surface area contributed by atoms with E-state index in [1.165, 1.54) is 11.8 Å². The number of carbonyl (C=O) groups excluding carboxylic acids is 2. The van der Waals surface area contributed by atoms with E-state index in [0.717, 1.165) is 22.2 Å². The van der Waals surface area contributed by atoms with E-state index in [9.17, 15) is 9.59 Å². The standard InChI is InChI=1S/C27H22N4O2S/c32-25(29-22-14-13-19-8-4-5-9-20(19)16-22)17-24-26(33)31(18-23-12-6-7-15-28-23)27(34-24)30-21-10-2-1-3-11-21/h1-16,24H,17-18H2,(H,29,32). The van der Waals surface area contributed by atoms with Crippen molar-refractivity contribution in [2.75, 3.05) is 5.32 Å². The molecule has 0 saturated carbocycles. The predicted octanol–water partition coefficient (Wildman–Crippen LogP) is 5.40. The van der Waals surface area contributed by atoms with Crippen LogP contribution >= 0.6 is 11.8 Å². The van der Waals surface area contributed by atoms with Crippen molar-refractivity contribution in [3.8, 4) is 0 Å². The van der Waals surface area contributed by atoms with Gasteiger partial charge in [0.25, 0.3) is 0 Å². The number of thioether (sulfide) groups is 1. The lowest BCUT2D eigenvalue weighted by Gasteiger charge is -2.16. The Morgan fingerprint density at radius 1 is 0.941 bits per heavy atom. The van der Waals surface area contributed by atoms with Gasteiger partial charge in [0.05, 0.1) is 17.9 Å². The number of carbonyl (C=O) groups is 2. The number of nitrogens with zero attached hydrogens (tertiary/aromatic N) is 3. The van der Waals surface area contributed by atoms with E-state index in [2.05, 4.69) is 15.3 Å². The summed E-state index contributed by atoms with van der Waals surface area (Å²) in [5, 5.41) is 5.11. The van der Waals surface area contributed by atoms with E-state index in [4.69, 9.17) is 0 Å². The van der Waals surface area contributed by atoms with Crippen LogP contribution in [0.4, 0.5) is 11.4 Å². The van der Waals surface area contributed by atoms with Crippen LogP contribution in [0.5, 0.6) is 0 Å². The number of amidine groups is 1. The van der Waals surface area contributed by atoms with Crippen LogP contribution in [0.1, 0.15) is 12.1 Å². The van der Waals surface area contributed by atoms with Crippen LogP contribution in [-0.2, 0) is 16.1 Å². The molecule has 1 aliphatic heterocycles. The molecule has 7 heteroatoms. The normalized spacial score (nSPS) is 16.8. The minimum atomic E-state index is -0.549. The lowest BCUT2D eigenvalue weighted by Crippen LogP contribution is -2.33. The summed E-state index contributed by atoms with van der Waals surface area (Å²) in [6.07, 6.45) is 1.76. The average Bonchev–Trinajstić information content (AvgIpc) is 3.14. The van der Waals surface area contributed by atoms with Gasteiger partial charge in [-0.2, -0.15) is 0 Å². The van der Waals surface area contributed by atoms with Crippen molar-refractivity contribution < 1.29 is 9.59 Å². The number of benzene rings is 3. The monoisotopic (exact) mass is 466 g/mol. The number of anilines is 1. The first-order chi connectivity index (χ1) is 16.7. The molecule has 3 aromatic carbocycles. The number of fused-ring (bicyclic) bond motifs is 1. The van der Waals surface area contributed by atoms with Gasteiger partial charge in [-0.25, -0.2) is 4.99 Å². The van der Waals surface area contributed by atoms with Gasteiger partial charge in [-0.1, -0.05) is 66.4 Å². The fourth-order valence-corrected chi connectivity index (χ4v) is 4.94. The minimum absolute atomic E-state index is 0.0584. The van der Waals surface area contributed by atoms with E-state index in [1.807, 2.05) is 91.0 Å². The Kier molecular flexibility index (Phi) is 6.35. The summed E-state index contributed by atoms with van der Waals surface area (Å²) in [6, 6.07) is 28.8. The molecular formula is C27H22N4O2S. The van der Waals surface area contributed by atoms with Crippen LogP contribution in [0.15, 0.2) is 102 Å². The van der Waals surface area contributed by atoms with Crippen molar-refractivity contribution in [3.63, 3.8) is 0 Å². The third-order valence-electron chi connectivity index (χ3n) is 5.45. The van der Waals surface area contributed by atoms with E-state index >= 15 is 0 Å². The van der Waals surface area contributed by atoms with Gasteiger partial charge < -0.3 is 5.32 Å². The fourth-order valence-electron chi connectivity index (χ4n) is 3.78. The molecule has 5 rings (SSSR count). The second kappa shape index (κ2) is 9.89. The molecule has 1 unspecified atom stereocenters. The van der Waals surface area contributed by atoms with E-state index in [0.29, 0.717) is 17.4 Å². The molecule has 4 aromatic rings. The van der Waals surface area contributed by atoms with Crippen LogP contribution in [0, 0.1) is 0 Å². The Morgan fingerprint density at radius 3 is 2.50 bits per heavy atom. The van der Waals surface area contributed by atoms with Crippen molar-refractivity contribution in [2.45, 2.75) is 18.2 Å². The van der Waals surface area contributed by atoms with Crippen LogP contribution in [0.3, 0.4) is 0 Å². The maximum Gasteiger partial charge on any atom is 0.243 e. The van der Waals surface area contributed by atoms with Crippen LogP contribution < -0.4 is 5.32 Å². The van der Waals surface area contributed by atoms with Gasteiger partial charge in [0.2, 0.25) is 11.8 Å². The molecule has 1 saturated heterocycles. The van der Waals surface area contributed by atoms with Crippen LogP contribution in [0.2, 0.25) is 0 Å². The fraction of sp³-hybridized carbons (Fsp3) is 0.111. The highest BCUT2D eigenvalue weighted by atomic mass is 32.2. The molecule has 1 atom stereocenters. The van der Waals surface area contributed by atoms with Gasteiger partial charge in [-0.3, -0.25) is 19.5 Å². The van der Waals surface area contributed by atoms with Crippen molar-refractivity contribution in [3.05, 3.63) is 103 Å². The highest BCUT2D eigenvalue weighted by Crippen LogP contribution is 2.33. The Hall–Kier alpha value is -3.97. The zero-order valence-electron chi connectivity index (χ0n) is 18.3. The van der Waals surface area contributed by atoms with Crippen LogP contribution in [0.25, 0.3) is 10.8 Å². The number of aliphatic imine (C=N–C) groups is 1. The Bertz CT molecular complexity index is 1360. The van der Waals surface area contributed by atoms with E-state index in [-0.39, 0.29) is 18.2 Å². The quantitative estimate of drug-likeness (QED) is 0.413. The van der Waals surface area contributed by atoms with Gasteiger partial charge >= 0.3 is 0 Å². The summed E-state index contributed by atoms with van der Waals surface area (Å²) >= 11 is 1.32. The Labute approximate surface area is 201 Å². The van der Waals surface area contributed by atoms with Gasteiger partial charge in [-0.05, 0) is 47.2 Å². The molecule has 34 heavy (non-hydrogen) atoms. The molecule has 168 valence electrons. The van der Waals surface area contributed by atoms with E-state index in [1.54, 1.807) is 11.1 Å². The van der Waals surface area contributed by atoms with Gasteiger partial charge in [0.15, 0.2) is 5.17 Å². The number of hydrogen-bond acceptors (Lipinski definition) is 5. The second-order valence-corrected chi connectivity index (χ2v) is 9.07. The SMILES string of the molecule is O=C(CC1SC(=Nc2ccccc2)N(Cc2ccccn2)C1=O)Nc1ccc2ccccc2c1. The number of amides is 2. The maximum absolute atomic E-state index is 13.3. The number of aromatic nitrogens is 1. The lowest BCUT2D eigenvalue weighted by molar-refractivity contribution is -0.128. The van der Waals surface area contributed by atoms with Gasteiger partial charge in [-0.15, -0.1) is 0 Å². The smallest absolute Gasteiger partial charge is 0.243 e. The summed E-state index contributed by atoms with van der Waals surface area (Å²) < 4.78 is 0. The molecule has 0 spiro atoms. The van der Waals surface area contributed by atoms with Gasteiger partial charge in [0, 0.05) is 18.3 Å². The van der Waals surface area contributed by atoms with Crippen molar-refractivity contribution >= 4 is 50.9 Å². The zero-order valence-corrected chi connectivity index (χ0v) is 19.1. The molecule has 1 aromatic heterocycles. The summed E-state index contributed by atoms with van der Waals surface area (Å²) in [5.74, 6) is -0.348. The Balaban J connectivity index is 1.34. The topological polar surface area (TPSA) is 74.7 Å². The van der Waals surface area contributed by atoms with Crippen molar-refractivity contribution in [1.29, 1.82) is 0 Å². The largest absolute Gasteiger partial charge is 0.326 e. The molecule has 1 fully saturated rings. The highest BCUT2D eigenvalue weighted by Gasteiger charge is 2.39. The average molecular weight is 467 g/mol. The van der Waals surface area contributed by atoms with Crippen LogP contribution in [-0.4, -0.2) is 32.1 Å². The summed E-state index contributed by atoms with van der Waals surface area (Å²) in [5.41, 5.74) is 2.23. The first-order valence-electron chi connectivity index (χ1n) is 11.0. The zero-order chi connectivity index (χ0) is 23.3. The first kappa shape index (κ1) is 21.9. The highest BCUT2D eigenvalue weighted by molar-refractivity contribution is 8.15. The van der Waals surface area contributed by atoms with Crippen molar-refractivity contribution in [2.24, 2.45) is 4.99 Å². The van der Waals surface area contributed by atoms with Gasteiger partial charge in [0.1, 0.15) is 5.25 Å². The molecular weight excluding hydrogens is 444 g/mol. The molecule has 1 aliphatic rings.